The van der Waals surface area contributed by atoms with Crippen LogP contribution in [0.5, 0.6) is 0 Å². The van der Waals surface area contributed by atoms with Gasteiger partial charge in [0.05, 0.1) is 0 Å². The lowest BCUT2D eigenvalue weighted by atomic mass is 10.2. The highest BCUT2D eigenvalue weighted by atomic mass is 79.9. The molecule has 0 aromatic heterocycles. The van der Waals surface area contributed by atoms with Crippen molar-refractivity contribution in [2.45, 2.75) is 37.0 Å². The van der Waals surface area contributed by atoms with E-state index < -0.39 is 0 Å². The summed E-state index contributed by atoms with van der Waals surface area (Å²) in [6, 6.07) is 6.48. The molecule has 84 valence electrons. The van der Waals surface area contributed by atoms with Crippen molar-refractivity contribution in [3.05, 3.63) is 28.2 Å². The zero-order valence-corrected chi connectivity index (χ0v) is 12.1. The van der Waals surface area contributed by atoms with E-state index in [2.05, 4.69) is 60.2 Å². The molecule has 0 unspecified atom stereocenters. The molecule has 0 aliphatic rings. The maximum absolute atomic E-state index is 3.51. The molecule has 0 heterocycles. The van der Waals surface area contributed by atoms with Gasteiger partial charge >= 0.3 is 0 Å². The topological polar surface area (TPSA) is 12.0 Å². The minimum absolute atomic E-state index is 0.260. The number of rotatable bonds is 3. The second-order valence-electron chi connectivity index (χ2n) is 4.50. The van der Waals surface area contributed by atoms with E-state index in [1.807, 2.05) is 18.8 Å². The Kier molecular flexibility index (Phi) is 4.68. The Bertz CT molecular complexity index is 331. The molecule has 0 spiro atoms. The molecule has 15 heavy (non-hydrogen) atoms. The molecule has 1 nitrogen and oxygen atoms in total. The third-order valence-corrected chi connectivity index (χ3v) is 3.53. The minimum atomic E-state index is 0.260. The average molecular weight is 288 g/mol. The summed E-state index contributed by atoms with van der Waals surface area (Å²) in [5, 5.41) is 3.20. The van der Waals surface area contributed by atoms with Crippen molar-refractivity contribution in [3.63, 3.8) is 0 Å². The Hall–Kier alpha value is 0.01000. The van der Waals surface area contributed by atoms with Gasteiger partial charge in [0.2, 0.25) is 0 Å². The fourth-order valence-corrected chi connectivity index (χ4v) is 2.77. The normalized spacial score (nSPS) is 11.8. The van der Waals surface area contributed by atoms with Gasteiger partial charge in [0.25, 0.3) is 0 Å². The Morgan fingerprint density at radius 1 is 1.33 bits per heavy atom. The molecule has 0 saturated carbocycles. The van der Waals surface area contributed by atoms with Crippen molar-refractivity contribution >= 4 is 27.7 Å². The summed E-state index contributed by atoms with van der Waals surface area (Å²) in [4.78, 5) is 1.36. The standard InChI is InChI=1S/C12H18BrNS/c1-12(2,3)15-11-6-5-10(13)7-9(11)8-14-4/h5-7,14H,8H2,1-4H3. The van der Waals surface area contributed by atoms with Crippen LogP contribution in [0.15, 0.2) is 27.6 Å². The highest BCUT2D eigenvalue weighted by Crippen LogP contribution is 2.35. The summed E-state index contributed by atoms with van der Waals surface area (Å²) in [6.45, 7) is 7.63. The third kappa shape index (κ3) is 4.58. The van der Waals surface area contributed by atoms with Crippen molar-refractivity contribution in [2.24, 2.45) is 0 Å². The Labute approximate surface area is 105 Å². The third-order valence-electron chi connectivity index (χ3n) is 1.81. The molecule has 1 aromatic carbocycles. The van der Waals surface area contributed by atoms with E-state index in [0.29, 0.717) is 0 Å². The van der Waals surface area contributed by atoms with Gasteiger partial charge in [-0.05, 0) is 30.8 Å². The molecule has 0 aliphatic heterocycles. The molecule has 1 aromatic rings. The molecule has 1 rings (SSSR count). The SMILES string of the molecule is CNCc1cc(Br)ccc1SC(C)(C)C. The van der Waals surface area contributed by atoms with Crippen LogP contribution in [0.4, 0.5) is 0 Å². The molecule has 0 bridgehead atoms. The molecular weight excluding hydrogens is 270 g/mol. The van der Waals surface area contributed by atoms with Crippen molar-refractivity contribution in [2.75, 3.05) is 7.05 Å². The second-order valence-corrected chi connectivity index (χ2v) is 7.28. The number of nitrogens with one attached hydrogen (secondary N) is 1. The van der Waals surface area contributed by atoms with E-state index in [9.17, 15) is 0 Å². The van der Waals surface area contributed by atoms with Crippen LogP contribution >= 0.6 is 27.7 Å². The lowest BCUT2D eigenvalue weighted by molar-refractivity contribution is 0.786. The maximum Gasteiger partial charge on any atom is 0.0214 e. The van der Waals surface area contributed by atoms with E-state index in [-0.39, 0.29) is 4.75 Å². The number of hydrogen-bond donors (Lipinski definition) is 1. The van der Waals surface area contributed by atoms with Crippen LogP contribution in [0, 0.1) is 0 Å². The molecule has 3 heteroatoms. The molecular formula is C12H18BrNS. The molecule has 0 radical (unpaired) electrons. The van der Waals surface area contributed by atoms with Crippen molar-refractivity contribution in [3.8, 4) is 0 Å². The van der Waals surface area contributed by atoms with E-state index >= 15 is 0 Å². The zero-order chi connectivity index (χ0) is 11.5. The van der Waals surface area contributed by atoms with Crippen LogP contribution in [0.2, 0.25) is 0 Å². The number of thioether (sulfide) groups is 1. The van der Waals surface area contributed by atoms with Gasteiger partial charge in [0.1, 0.15) is 0 Å². The molecule has 0 fully saturated rings. The van der Waals surface area contributed by atoms with E-state index in [1.165, 1.54) is 10.5 Å². The summed E-state index contributed by atoms with van der Waals surface area (Å²) in [7, 11) is 1.98. The second kappa shape index (κ2) is 5.37. The summed E-state index contributed by atoms with van der Waals surface area (Å²) in [6.07, 6.45) is 0. The quantitative estimate of drug-likeness (QED) is 0.842. The summed E-state index contributed by atoms with van der Waals surface area (Å²) < 4.78 is 1.40. The van der Waals surface area contributed by atoms with Crippen LogP contribution < -0.4 is 5.32 Å². The Morgan fingerprint density at radius 3 is 2.53 bits per heavy atom. The van der Waals surface area contributed by atoms with Gasteiger partial charge in [-0.2, -0.15) is 0 Å². The van der Waals surface area contributed by atoms with Gasteiger partial charge in [-0.15, -0.1) is 11.8 Å². The molecule has 1 N–H and O–H groups in total. The minimum Gasteiger partial charge on any atom is -0.316 e. The van der Waals surface area contributed by atoms with Crippen LogP contribution in [0.25, 0.3) is 0 Å². The molecule has 0 saturated heterocycles. The van der Waals surface area contributed by atoms with Crippen LogP contribution in [0.3, 0.4) is 0 Å². The first-order valence-corrected chi connectivity index (χ1v) is 6.65. The number of halogens is 1. The van der Waals surface area contributed by atoms with E-state index in [1.54, 1.807) is 0 Å². The Balaban J connectivity index is 2.95. The lowest BCUT2D eigenvalue weighted by Gasteiger charge is -2.20. The number of benzene rings is 1. The molecule has 0 amide bonds. The van der Waals surface area contributed by atoms with Gasteiger partial charge in [-0.25, -0.2) is 0 Å². The van der Waals surface area contributed by atoms with E-state index in [0.717, 1.165) is 11.0 Å². The molecule has 0 aliphatic carbocycles. The first kappa shape index (κ1) is 13.1. The lowest BCUT2D eigenvalue weighted by Crippen LogP contribution is -2.10. The van der Waals surface area contributed by atoms with Gasteiger partial charge in [-0.3, -0.25) is 0 Å². The van der Waals surface area contributed by atoms with Gasteiger partial charge in [0.15, 0.2) is 0 Å². The summed E-state index contributed by atoms with van der Waals surface area (Å²) >= 11 is 5.42. The van der Waals surface area contributed by atoms with Crippen molar-refractivity contribution in [1.82, 2.24) is 5.32 Å². The smallest absolute Gasteiger partial charge is 0.0214 e. The van der Waals surface area contributed by atoms with E-state index in [4.69, 9.17) is 0 Å². The largest absolute Gasteiger partial charge is 0.316 e. The van der Waals surface area contributed by atoms with Gasteiger partial charge < -0.3 is 5.32 Å². The predicted octanol–water partition coefficient (Wildman–Crippen LogP) is 4.06. The van der Waals surface area contributed by atoms with Crippen molar-refractivity contribution in [1.29, 1.82) is 0 Å². The number of hydrogen-bond acceptors (Lipinski definition) is 2. The van der Waals surface area contributed by atoms with Crippen LogP contribution in [-0.4, -0.2) is 11.8 Å². The van der Waals surface area contributed by atoms with Gasteiger partial charge in [-0.1, -0.05) is 36.7 Å². The van der Waals surface area contributed by atoms with Crippen LogP contribution in [0.1, 0.15) is 26.3 Å². The highest BCUT2D eigenvalue weighted by Gasteiger charge is 2.14. The maximum atomic E-state index is 3.51. The fraction of sp³-hybridized carbons (Fsp3) is 0.500. The molecule has 0 atom stereocenters. The summed E-state index contributed by atoms with van der Waals surface area (Å²) in [5.74, 6) is 0. The first-order valence-electron chi connectivity index (χ1n) is 5.04. The Morgan fingerprint density at radius 2 is 2.00 bits per heavy atom. The fourth-order valence-electron chi connectivity index (χ4n) is 1.31. The van der Waals surface area contributed by atoms with Crippen LogP contribution in [-0.2, 0) is 6.54 Å². The average Bonchev–Trinajstić information content (AvgIpc) is 2.08. The summed E-state index contributed by atoms with van der Waals surface area (Å²) in [5.41, 5.74) is 1.35. The predicted molar refractivity (Wildman–Crippen MR) is 72.5 cm³/mol. The van der Waals surface area contributed by atoms with Gasteiger partial charge in [0, 0.05) is 20.7 Å². The monoisotopic (exact) mass is 287 g/mol. The van der Waals surface area contributed by atoms with Crippen molar-refractivity contribution < 1.29 is 0 Å². The highest BCUT2D eigenvalue weighted by molar-refractivity contribution is 9.10. The zero-order valence-electron chi connectivity index (χ0n) is 9.73. The first-order chi connectivity index (χ1) is 6.92.